The maximum Gasteiger partial charge on any atom is 0.290 e. The fourth-order valence-corrected chi connectivity index (χ4v) is 5.64. The van der Waals surface area contributed by atoms with Gasteiger partial charge in [0, 0.05) is 38.3 Å². The number of nitrogens with two attached hydrogens (primary N) is 2. The Morgan fingerprint density at radius 2 is 1.89 bits per heavy atom. The number of anilines is 2. The highest BCUT2D eigenvalue weighted by atomic mass is 16.3. The molecule has 0 bridgehead atoms. The molecule has 1 aliphatic carbocycles. The lowest BCUT2D eigenvalue weighted by atomic mass is 9.84. The predicted octanol–water partition coefficient (Wildman–Crippen LogP) is 5.81. The van der Waals surface area contributed by atoms with Gasteiger partial charge < -0.3 is 20.4 Å². The number of aromatic nitrogens is 2. The van der Waals surface area contributed by atoms with Crippen LogP contribution < -0.4 is 16.6 Å². The van der Waals surface area contributed by atoms with E-state index >= 15 is 0 Å². The van der Waals surface area contributed by atoms with Gasteiger partial charge in [-0.2, -0.15) is 0 Å². The normalized spacial score (nSPS) is 14.5. The quantitative estimate of drug-likeness (QED) is 0.154. The van der Waals surface area contributed by atoms with Gasteiger partial charge in [-0.3, -0.25) is 4.79 Å². The summed E-state index contributed by atoms with van der Waals surface area (Å²) in [5.74, 6) is 8.28. The number of hydrogen-bond acceptors (Lipinski definition) is 5. The van der Waals surface area contributed by atoms with Crippen molar-refractivity contribution in [3.8, 4) is 0 Å². The van der Waals surface area contributed by atoms with E-state index in [0.29, 0.717) is 5.92 Å². The lowest BCUT2D eigenvalue weighted by molar-refractivity contribution is -0.122. The van der Waals surface area contributed by atoms with Crippen LogP contribution in [0.5, 0.6) is 0 Å². The monoisotopic (exact) mass is 505 g/mol. The SMILES string of the molecule is CCC(c1ccc(C)c(Cn2ccnc2CC2CCCCC2)c1)c1ccc(N(C)N)c(N)c1C.O=CO. The molecule has 0 amide bonds. The van der Waals surface area contributed by atoms with Crippen molar-refractivity contribution >= 4 is 17.8 Å². The maximum absolute atomic E-state index is 8.36. The fraction of sp³-hybridized carbons (Fsp3) is 0.467. The molecule has 0 aliphatic heterocycles. The number of carbonyl (C=O) groups is 1. The Labute approximate surface area is 221 Å². The Hall–Kier alpha value is -3.32. The Bertz CT molecular complexity index is 1160. The van der Waals surface area contributed by atoms with E-state index < -0.39 is 0 Å². The molecule has 1 fully saturated rings. The average Bonchev–Trinajstić information content (AvgIpc) is 3.31. The molecular weight excluding hydrogens is 462 g/mol. The highest BCUT2D eigenvalue weighted by Gasteiger charge is 2.20. The molecule has 7 heteroatoms. The van der Waals surface area contributed by atoms with Crippen molar-refractivity contribution in [2.75, 3.05) is 17.8 Å². The predicted molar refractivity (Wildman–Crippen MR) is 152 cm³/mol. The van der Waals surface area contributed by atoms with E-state index in [-0.39, 0.29) is 6.47 Å². The van der Waals surface area contributed by atoms with Gasteiger partial charge >= 0.3 is 0 Å². The first-order chi connectivity index (χ1) is 17.8. The molecule has 37 heavy (non-hydrogen) atoms. The molecule has 0 saturated heterocycles. The van der Waals surface area contributed by atoms with Crippen LogP contribution in [0.15, 0.2) is 42.7 Å². The summed E-state index contributed by atoms with van der Waals surface area (Å²) in [5.41, 5.74) is 14.5. The van der Waals surface area contributed by atoms with Crippen molar-refractivity contribution in [3.63, 3.8) is 0 Å². The van der Waals surface area contributed by atoms with Crippen LogP contribution in [0, 0.1) is 19.8 Å². The molecule has 1 aliphatic rings. The Morgan fingerprint density at radius 3 is 2.54 bits per heavy atom. The van der Waals surface area contributed by atoms with Crippen molar-refractivity contribution in [1.82, 2.24) is 9.55 Å². The number of rotatable bonds is 8. The summed E-state index contributed by atoms with van der Waals surface area (Å²) in [6, 6.07) is 11.2. The number of aryl methyl sites for hydroxylation is 1. The second-order valence-corrected chi connectivity index (χ2v) is 10.3. The first kappa shape index (κ1) is 28.3. The zero-order valence-corrected chi connectivity index (χ0v) is 22.8. The lowest BCUT2D eigenvalue weighted by Crippen LogP contribution is -2.26. The van der Waals surface area contributed by atoms with Crippen LogP contribution in [-0.2, 0) is 17.8 Å². The fourth-order valence-electron chi connectivity index (χ4n) is 5.64. The molecule has 1 atom stereocenters. The van der Waals surface area contributed by atoms with Crippen LogP contribution in [0.25, 0.3) is 0 Å². The Balaban J connectivity index is 0.00000121. The van der Waals surface area contributed by atoms with Crippen LogP contribution in [0.3, 0.4) is 0 Å². The van der Waals surface area contributed by atoms with Crippen molar-refractivity contribution in [3.05, 3.63) is 76.4 Å². The molecule has 7 nitrogen and oxygen atoms in total. The second kappa shape index (κ2) is 13.3. The molecule has 4 rings (SSSR count). The third kappa shape index (κ3) is 6.92. The number of benzene rings is 2. The van der Waals surface area contributed by atoms with Gasteiger partial charge in [0.05, 0.1) is 11.4 Å². The van der Waals surface area contributed by atoms with E-state index in [1.807, 2.05) is 19.3 Å². The minimum atomic E-state index is -0.250. The van der Waals surface area contributed by atoms with E-state index in [2.05, 4.69) is 55.8 Å². The third-order valence-electron chi connectivity index (χ3n) is 7.81. The van der Waals surface area contributed by atoms with Crippen molar-refractivity contribution in [2.24, 2.45) is 11.8 Å². The van der Waals surface area contributed by atoms with Gasteiger partial charge in [0.1, 0.15) is 5.82 Å². The molecule has 200 valence electrons. The van der Waals surface area contributed by atoms with E-state index in [9.17, 15) is 0 Å². The summed E-state index contributed by atoms with van der Waals surface area (Å²) in [4.78, 5) is 13.1. The largest absolute Gasteiger partial charge is 0.483 e. The van der Waals surface area contributed by atoms with E-state index in [0.717, 1.165) is 42.2 Å². The highest BCUT2D eigenvalue weighted by molar-refractivity contribution is 5.72. The first-order valence-corrected chi connectivity index (χ1v) is 13.3. The van der Waals surface area contributed by atoms with Gasteiger partial charge in [0.15, 0.2) is 0 Å². The van der Waals surface area contributed by atoms with Gasteiger partial charge in [-0.1, -0.05) is 63.3 Å². The topological polar surface area (TPSA) is 110 Å². The van der Waals surface area contributed by atoms with Gasteiger partial charge in [0.25, 0.3) is 6.47 Å². The molecule has 5 N–H and O–H groups in total. The van der Waals surface area contributed by atoms with E-state index in [4.69, 9.17) is 26.5 Å². The van der Waals surface area contributed by atoms with Gasteiger partial charge in [-0.05, 0) is 60.1 Å². The summed E-state index contributed by atoms with van der Waals surface area (Å²) >= 11 is 0. The summed E-state index contributed by atoms with van der Waals surface area (Å²) < 4.78 is 2.36. The molecule has 1 aromatic heterocycles. The Morgan fingerprint density at radius 1 is 1.19 bits per heavy atom. The van der Waals surface area contributed by atoms with E-state index in [1.165, 1.54) is 60.2 Å². The van der Waals surface area contributed by atoms with Crippen LogP contribution in [0.1, 0.15) is 85.0 Å². The van der Waals surface area contributed by atoms with Crippen LogP contribution in [0.2, 0.25) is 0 Å². The van der Waals surface area contributed by atoms with Crippen molar-refractivity contribution in [1.29, 1.82) is 0 Å². The molecule has 3 aromatic rings. The number of imidazole rings is 1. The molecule has 0 radical (unpaired) electrons. The molecule has 1 unspecified atom stereocenters. The van der Waals surface area contributed by atoms with Gasteiger partial charge in [-0.15, -0.1) is 0 Å². The summed E-state index contributed by atoms with van der Waals surface area (Å²) in [7, 11) is 1.83. The Kier molecular flexibility index (Phi) is 10.1. The number of hydrazine groups is 1. The summed E-state index contributed by atoms with van der Waals surface area (Å²) in [5, 5.41) is 8.48. The second-order valence-electron chi connectivity index (χ2n) is 10.3. The first-order valence-electron chi connectivity index (χ1n) is 13.3. The van der Waals surface area contributed by atoms with Crippen LogP contribution in [-0.4, -0.2) is 28.2 Å². The van der Waals surface area contributed by atoms with E-state index in [1.54, 1.807) is 5.01 Å². The number of nitrogen functional groups attached to an aromatic ring is 1. The number of nitrogens with zero attached hydrogens (tertiary/aromatic N) is 3. The maximum atomic E-state index is 8.36. The number of hydrogen-bond donors (Lipinski definition) is 3. The van der Waals surface area contributed by atoms with Crippen LogP contribution >= 0.6 is 0 Å². The lowest BCUT2D eigenvalue weighted by Gasteiger charge is -2.24. The van der Waals surface area contributed by atoms with Crippen molar-refractivity contribution < 1.29 is 9.90 Å². The molecular formula is C30H43N5O2. The molecule has 2 aromatic carbocycles. The standard InChI is InChI=1S/C29H41N5.CH2O2/c1-5-25(26-13-14-27(33(4)31)29(30)21(26)3)23-12-11-20(2)24(18-23)19-34-16-15-32-28(34)17-22-9-7-6-8-10-22;2-1-3/h11-16,18,22,25H,5-10,17,19,30-31H2,1-4H3;1H,(H,2,3). The van der Waals surface area contributed by atoms with Crippen LogP contribution in [0.4, 0.5) is 11.4 Å². The molecule has 1 saturated carbocycles. The highest BCUT2D eigenvalue weighted by Crippen LogP contribution is 2.36. The minimum Gasteiger partial charge on any atom is -0.483 e. The third-order valence-corrected chi connectivity index (χ3v) is 7.81. The van der Waals surface area contributed by atoms with Gasteiger partial charge in [0.2, 0.25) is 0 Å². The molecule has 1 heterocycles. The minimum absolute atomic E-state index is 0.250. The van der Waals surface area contributed by atoms with Gasteiger partial charge in [-0.25, -0.2) is 10.8 Å². The zero-order chi connectivity index (χ0) is 26.9. The summed E-state index contributed by atoms with van der Waals surface area (Å²) in [6.45, 7) is 7.20. The average molecular weight is 506 g/mol. The molecule has 0 spiro atoms. The van der Waals surface area contributed by atoms with Crippen molar-refractivity contribution in [2.45, 2.75) is 78.2 Å². The summed E-state index contributed by atoms with van der Waals surface area (Å²) in [6.07, 6.45) is 13.1. The number of carboxylic acid groups (broad SMARTS) is 1. The zero-order valence-electron chi connectivity index (χ0n) is 22.8. The smallest absolute Gasteiger partial charge is 0.290 e.